The van der Waals surface area contributed by atoms with Crippen LogP contribution in [0.2, 0.25) is 5.15 Å². The Labute approximate surface area is 146 Å². The topological polar surface area (TPSA) is 71.0 Å². The Bertz CT molecular complexity index is 664. The number of aromatic nitrogens is 3. The van der Waals surface area contributed by atoms with Gasteiger partial charge in [-0.25, -0.2) is 0 Å². The molecule has 0 radical (unpaired) electrons. The predicted octanol–water partition coefficient (Wildman–Crippen LogP) is 2.10. The van der Waals surface area contributed by atoms with Crippen LogP contribution in [-0.4, -0.2) is 40.7 Å². The fraction of sp³-hybridized carbons (Fsp3) is 0.412. The van der Waals surface area contributed by atoms with Gasteiger partial charge in [0.15, 0.2) is 11.0 Å². The van der Waals surface area contributed by atoms with Crippen LogP contribution >= 0.6 is 11.6 Å². The number of carbonyl (C=O) groups excluding carboxylic acids is 1. The zero-order chi connectivity index (χ0) is 16.8. The van der Waals surface area contributed by atoms with E-state index >= 15 is 0 Å². The quantitative estimate of drug-likeness (QED) is 0.898. The minimum Gasteiger partial charge on any atom is -0.355 e. The zero-order valence-corrected chi connectivity index (χ0v) is 14.1. The van der Waals surface area contributed by atoms with Crippen molar-refractivity contribution >= 4 is 23.3 Å². The second-order valence-electron chi connectivity index (χ2n) is 5.86. The lowest BCUT2D eigenvalue weighted by Gasteiger charge is -2.32. The lowest BCUT2D eigenvalue weighted by molar-refractivity contribution is -0.125. The lowest BCUT2D eigenvalue weighted by atomic mass is 9.97. The lowest BCUT2D eigenvalue weighted by Crippen LogP contribution is -2.43. The molecule has 2 aromatic heterocycles. The summed E-state index contributed by atoms with van der Waals surface area (Å²) < 4.78 is 0. The molecule has 1 aliphatic heterocycles. The van der Waals surface area contributed by atoms with Crippen LogP contribution in [0.25, 0.3) is 0 Å². The third-order valence-corrected chi connectivity index (χ3v) is 4.34. The zero-order valence-electron chi connectivity index (χ0n) is 13.4. The Hall–Kier alpha value is -2.21. The van der Waals surface area contributed by atoms with Gasteiger partial charge >= 0.3 is 0 Å². The fourth-order valence-corrected chi connectivity index (χ4v) is 2.98. The van der Waals surface area contributed by atoms with Crippen molar-refractivity contribution in [2.45, 2.75) is 19.3 Å². The summed E-state index contributed by atoms with van der Waals surface area (Å²) in [5.41, 5.74) is 0.986. The highest BCUT2D eigenvalue weighted by Gasteiger charge is 2.26. The molecule has 1 aliphatic rings. The molecule has 6 nitrogen and oxygen atoms in total. The van der Waals surface area contributed by atoms with Crippen molar-refractivity contribution in [3.63, 3.8) is 0 Å². The minimum atomic E-state index is -0.0278. The van der Waals surface area contributed by atoms with Crippen molar-refractivity contribution in [3.8, 4) is 0 Å². The van der Waals surface area contributed by atoms with Gasteiger partial charge in [0.25, 0.3) is 0 Å². The number of hydrogen-bond acceptors (Lipinski definition) is 5. The molecule has 0 bridgehead atoms. The van der Waals surface area contributed by atoms with Gasteiger partial charge in [-0.1, -0.05) is 17.7 Å². The molecule has 0 spiro atoms. The monoisotopic (exact) mass is 345 g/mol. The number of nitrogens with one attached hydrogen (secondary N) is 1. The third kappa shape index (κ3) is 4.41. The highest BCUT2D eigenvalue weighted by molar-refractivity contribution is 6.29. The van der Waals surface area contributed by atoms with Crippen LogP contribution in [0.4, 0.5) is 5.82 Å². The van der Waals surface area contributed by atoms with E-state index in [-0.39, 0.29) is 11.8 Å². The summed E-state index contributed by atoms with van der Waals surface area (Å²) in [5, 5.41) is 11.4. The summed E-state index contributed by atoms with van der Waals surface area (Å²) in [6, 6.07) is 9.37. The van der Waals surface area contributed by atoms with E-state index in [1.54, 1.807) is 12.3 Å². The number of amides is 1. The van der Waals surface area contributed by atoms with Gasteiger partial charge < -0.3 is 10.2 Å². The summed E-state index contributed by atoms with van der Waals surface area (Å²) in [7, 11) is 0. The third-order valence-electron chi connectivity index (χ3n) is 4.14. The molecule has 1 amide bonds. The van der Waals surface area contributed by atoms with E-state index in [0.29, 0.717) is 18.2 Å². The number of halogens is 1. The van der Waals surface area contributed by atoms with E-state index in [0.717, 1.165) is 37.3 Å². The Morgan fingerprint density at radius 2 is 2.21 bits per heavy atom. The van der Waals surface area contributed by atoms with E-state index < -0.39 is 0 Å². The molecule has 3 rings (SSSR count). The van der Waals surface area contributed by atoms with E-state index in [2.05, 4.69) is 25.4 Å². The molecular formula is C17H20ClN5O. The van der Waals surface area contributed by atoms with Gasteiger partial charge in [-0.05, 0) is 37.1 Å². The number of pyridine rings is 1. The van der Waals surface area contributed by atoms with Gasteiger partial charge in [-0.15, -0.1) is 10.2 Å². The van der Waals surface area contributed by atoms with Crippen molar-refractivity contribution in [3.05, 3.63) is 47.4 Å². The standard InChI is InChI=1S/C17H20ClN5O/c18-15-6-7-16(22-21-15)23-11-3-4-13(12-23)17(24)20-10-8-14-5-1-2-9-19-14/h1-2,5-7,9,13H,3-4,8,10-12H2,(H,20,24). The molecule has 24 heavy (non-hydrogen) atoms. The van der Waals surface area contributed by atoms with Gasteiger partial charge in [0.1, 0.15) is 0 Å². The molecule has 1 atom stereocenters. The summed E-state index contributed by atoms with van der Waals surface area (Å²) >= 11 is 5.78. The number of hydrogen-bond donors (Lipinski definition) is 1. The van der Waals surface area contributed by atoms with Gasteiger partial charge in [0.05, 0.1) is 5.92 Å². The van der Waals surface area contributed by atoms with Crippen LogP contribution in [0.15, 0.2) is 36.5 Å². The number of carbonyl (C=O) groups is 1. The van der Waals surface area contributed by atoms with Gasteiger partial charge in [0.2, 0.25) is 5.91 Å². The Morgan fingerprint density at radius 1 is 1.29 bits per heavy atom. The molecule has 7 heteroatoms. The van der Waals surface area contributed by atoms with Crippen molar-refractivity contribution in [2.24, 2.45) is 5.92 Å². The summed E-state index contributed by atoms with van der Waals surface area (Å²) in [4.78, 5) is 18.8. The Kier molecular flexibility index (Phi) is 5.59. The molecule has 126 valence electrons. The van der Waals surface area contributed by atoms with E-state index in [4.69, 9.17) is 11.6 Å². The molecule has 0 aliphatic carbocycles. The van der Waals surface area contributed by atoms with E-state index in [9.17, 15) is 4.79 Å². The maximum Gasteiger partial charge on any atom is 0.224 e. The fourth-order valence-electron chi connectivity index (χ4n) is 2.88. The van der Waals surface area contributed by atoms with Gasteiger partial charge in [-0.3, -0.25) is 9.78 Å². The van der Waals surface area contributed by atoms with Crippen LogP contribution in [0.3, 0.4) is 0 Å². The van der Waals surface area contributed by atoms with E-state index in [1.165, 1.54) is 0 Å². The molecule has 2 aromatic rings. The normalized spacial score (nSPS) is 17.5. The molecule has 1 saturated heterocycles. The molecule has 3 heterocycles. The van der Waals surface area contributed by atoms with Crippen LogP contribution in [0.5, 0.6) is 0 Å². The minimum absolute atomic E-state index is 0.0278. The second kappa shape index (κ2) is 8.06. The highest BCUT2D eigenvalue weighted by Crippen LogP contribution is 2.21. The number of anilines is 1. The first-order valence-corrected chi connectivity index (χ1v) is 8.52. The molecular weight excluding hydrogens is 326 g/mol. The first-order valence-electron chi connectivity index (χ1n) is 8.14. The van der Waals surface area contributed by atoms with Crippen LogP contribution in [0, 0.1) is 5.92 Å². The van der Waals surface area contributed by atoms with Crippen LogP contribution in [-0.2, 0) is 11.2 Å². The Morgan fingerprint density at radius 3 is 2.96 bits per heavy atom. The van der Waals surface area contributed by atoms with E-state index in [1.807, 2.05) is 24.3 Å². The molecule has 0 aromatic carbocycles. The van der Waals surface area contributed by atoms with Gasteiger partial charge in [0, 0.05) is 37.9 Å². The van der Waals surface area contributed by atoms with Crippen molar-refractivity contribution in [1.82, 2.24) is 20.5 Å². The maximum absolute atomic E-state index is 12.4. The average Bonchev–Trinajstić information content (AvgIpc) is 2.63. The summed E-state index contributed by atoms with van der Waals surface area (Å²) in [6.07, 6.45) is 4.37. The Balaban J connectivity index is 1.50. The van der Waals surface area contributed by atoms with Gasteiger partial charge in [-0.2, -0.15) is 0 Å². The SMILES string of the molecule is O=C(NCCc1ccccn1)C1CCCN(c2ccc(Cl)nn2)C1. The molecule has 1 unspecified atom stereocenters. The molecule has 0 saturated carbocycles. The van der Waals surface area contributed by atoms with Crippen molar-refractivity contribution < 1.29 is 4.79 Å². The number of nitrogens with zero attached hydrogens (tertiary/aromatic N) is 4. The number of rotatable bonds is 5. The van der Waals surface area contributed by atoms with Crippen molar-refractivity contribution in [2.75, 3.05) is 24.5 Å². The second-order valence-corrected chi connectivity index (χ2v) is 6.25. The smallest absolute Gasteiger partial charge is 0.224 e. The van der Waals surface area contributed by atoms with Crippen molar-refractivity contribution in [1.29, 1.82) is 0 Å². The summed E-state index contributed by atoms with van der Waals surface area (Å²) in [5.74, 6) is 0.836. The van der Waals surface area contributed by atoms with Crippen LogP contribution in [0.1, 0.15) is 18.5 Å². The highest BCUT2D eigenvalue weighted by atomic mass is 35.5. The predicted molar refractivity (Wildman–Crippen MR) is 92.9 cm³/mol. The molecule has 1 N–H and O–H groups in total. The molecule has 1 fully saturated rings. The largest absolute Gasteiger partial charge is 0.355 e. The van der Waals surface area contributed by atoms with Crippen LogP contribution < -0.4 is 10.2 Å². The first kappa shape index (κ1) is 16.6. The first-order chi connectivity index (χ1) is 11.7. The summed E-state index contributed by atoms with van der Waals surface area (Å²) in [6.45, 7) is 2.15. The average molecular weight is 346 g/mol. The maximum atomic E-state index is 12.4. The number of piperidine rings is 1.